The molecule has 30 heteroatoms. The highest BCUT2D eigenvalue weighted by atomic mass is 16.8. The van der Waals surface area contributed by atoms with Gasteiger partial charge in [-0.3, -0.25) is 4.79 Å². The van der Waals surface area contributed by atoms with E-state index in [2.05, 4.69) is 33.8 Å². The molecule has 5 aliphatic heterocycles. The fraction of sp³-hybridized carbons (Fsp3) is 0.949. The Morgan fingerprint density at radius 3 is 1.65 bits per heavy atom. The van der Waals surface area contributed by atoms with Gasteiger partial charge in [0.2, 0.25) is 6.29 Å². The van der Waals surface area contributed by atoms with Crippen LogP contribution in [0, 0.1) is 50.2 Å². The van der Waals surface area contributed by atoms with Crippen molar-refractivity contribution in [3.63, 3.8) is 0 Å². The Balaban J connectivity index is 0.858. The molecule has 34 atom stereocenters. The molecular weight excluding hydrogens is 1190 g/mol. The number of allylic oxidation sites excluding steroid dienone is 2. The lowest BCUT2D eigenvalue weighted by molar-refractivity contribution is -0.360. The monoisotopic (exact) mass is 1280 g/mol. The van der Waals surface area contributed by atoms with Gasteiger partial charge in [0.1, 0.15) is 109 Å². The Kier molecular flexibility index (Phi) is 20.4. The molecule has 0 amide bonds. The molecule has 5 aliphatic carbocycles. The van der Waals surface area contributed by atoms with Gasteiger partial charge in [-0.1, -0.05) is 46.3 Å². The SMILES string of the molecule is C[C@@H]1O[C@@H](O[C@H]2[C@H](OC(=O)[C@]34CCC(C)(C)C[C@H]3C3=CC[C@@H]5[C@@]6(C)C[C@H](O)[C@H](O[C@@H]7O[C@H](CO[C@@H]8O[C@H](CO[C@@H]9O[C@H](CO)[C@@H](O)[C@H](O)[C@H]9O)[C@@H](O)[C@H](O)[C@H]8O)[C@@H](O)[C@H](O)[C@H]7O)C(CO)(CO)C6CC[C@@]5(C)[C@]3(C)C[C@H]4O)OC[C@H](O)[C@@H]2O)[C@H](O)[C@H](O)[C@H]1O. The second-order valence-corrected chi connectivity index (χ2v) is 28.7. The normalized spacial score (nSPS) is 53.9. The molecule has 0 aromatic heterocycles. The van der Waals surface area contributed by atoms with Crippen LogP contribution >= 0.6 is 0 Å². The quantitative estimate of drug-likeness (QED) is 0.0412. The molecule has 0 spiro atoms. The van der Waals surface area contributed by atoms with Crippen LogP contribution in [0.2, 0.25) is 0 Å². The van der Waals surface area contributed by atoms with E-state index in [1.807, 2.05) is 6.92 Å². The molecule has 4 saturated carbocycles. The first kappa shape index (κ1) is 69.9. The Bertz CT molecular complexity index is 2470. The minimum atomic E-state index is -2.00. The van der Waals surface area contributed by atoms with Crippen LogP contribution < -0.4 is 0 Å². The van der Waals surface area contributed by atoms with Gasteiger partial charge in [0, 0.05) is 5.41 Å². The molecule has 5 heterocycles. The Morgan fingerprint density at radius 1 is 0.551 bits per heavy atom. The summed E-state index contributed by atoms with van der Waals surface area (Å²) in [6.45, 7) is 7.63. The summed E-state index contributed by atoms with van der Waals surface area (Å²) in [6, 6.07) is 0. The zero-order valence-electron chi connectivity index (χ0n) is 50.8. The number of esters is 1. The smallest absolute Gasteiger partial charge is 0.317 e. The van der Waals surface area contributed by atoms with E-state index in [-0.39, 0.29) is 30.6 Å². The third-order valence-corrected chi connectivity index (χ3v) is 23.2. The van der Waals surface area contributed by atoms with Crippen molar-refractivity contribution in [3.05, 3.63) is 11.6 Å². The maximum Gasteiger partial charge on any atom is 0.317 e. The highest BCUT2D eigenvalue weighted by Crippen LogP contribution is 2.76. The van der Waals surface area contributed by atoms with Crippen LogP contribution in [-0.4, -0.2) is 308 Å². The largest absolute Gasteiger partial charge is 0.432 e. The molecule has 1 unspecified atom stereocenters. The summed E-state index contributed by atoms with van der Waals surface area (Å²) >= 11 is 0. The lowest BCUT2D eigenvalue weighted by Gasteiger charge is -2.72. The van der Waals surface area contributed by atoms with E-state index in [0.717, 1.165) is 5.57 Å². The maximum absolute atomic E-state index is 15.3. The van der Waals surface area contributed by atoms with E-state index in [0.29, 0.717) is 32.1 Å². The number of fused-ring (bicyclic) bond motifs is 7. The minimum absolute atomic E-state index is 0.0122. The van der Waals surface area contributed by atoms with Crippen LogP contribution in [0.5, 0.6) is 0 Å². The molecule has 0 aromatic rings. The van der Waals surface area contributed by atoms with Crippen molar-refractivity contribution in [2.24, 2.45) is 50.2 Å². The first-order valence-electron chi connectivity index (χ1n) is 31.1. The predicted octanol–water partition coefficient (Wildman–Crippen LogP) is -6.66. The lowest BCUT2D eigenvalue weighted by Crippen LogP contribution is -2.71. The van der Waals surface area contributed by atoms with E-state index in [4.69, 9.17) is 47.4 Å². The summed E-state index contributed by atoms with van der Waals surface area (Å²) in [4.78, 5) is 15.3. The number of hydrogen-bond acceptors (Lipinski definition) is 30. The Morgan fingerprint density at radius 2 is 1.08 bits per heavy atom. The summed E-state index contributed by atoms with van der Waals surface area (Å²) < 4.78 is 58.3. The van der Waals surface area contributed by atoms with Crippen molar-refractivity contribution in [2.75, 3.05) is 39.6 Å². The third kappa shape index (κ3) is 11.6. The Labute approximate surface area is 514 Å². The molecule has 512 valence electrons. The standard InChI is InChI=1S/C59H96O30/c1-22-33(66)38(71)44(77)50(83-22)87-46-34(67)26(64)17-80-52(46)89-53(79)59-12-11-54(2,3)13-24(59)23-7-8-30-55(4)14-25(63)47(58(20-61,21-62)31(55)9-10-56(30,5)57(23,6)15-32(59)65)88-51-45(78)41(74)37(70)29(86-51)19-82-49-43(76)40(73)36(69)28(85-49)18-81-48-42(75)39(72)35(68)27(16-60)84-48/h7,22,24-52,60-78H,8-21H2,1-6H3/t22-,24-,25-,26-,27+,28+,29+,30+,31?,32+,33-,34-,35+,36+,37+,38+,39-,40-,41-,42+,43+,44+,45+,46+,47-,48+,49+,50-,51-,52-,55+,56+,57+,59+/m0/s1. The summed E-state index contributed by atoms with van der Waals surface area (Å²) in [5.41, 5.74) is -5.07. The molecule has 5 saturated heterocycles. The lowest BCUT2D eigenvalue weighted by atomic mass is 9.33. The van der Waals surface area contributed by atoms with E-state index < -0.39 is 250 Å². The van der Waals surface area contributed by atoms with Gasteiger partial charge < -0.3 is 144 Å². The molecule has 10 rings (SSSR count). The van der Waals surface area contributed by atoms with Crippen LogP contribution in [0.1, 0.15) is 92.9 Å². The van der Waals surface area contributed by atoms with Gasteiger partial charge >= 0.3 is 5.97 Å². The van der Waals surface area contributed by atoms with Gasteiger partial charge in [0.15, 0.2) is 31.3 Å². The summed E-state index contributed by atoms with van der Waals surface area (Å²) in [7, 11) is 0. The van der Waals surface area contributed by atoms with Crippen molar-refractivity contribution in [2.45, 2.75) is 259 Å². The Hall–Kier alpha value is -1.91. The fourth-order valence-electron chi connectivity index (χ4n) is 17.7. The van der Waals surface area contributed by atoms with Gasteiger partial charge in [-0.2, -0.15) is 0 Å². The minimum Gasteiger partial charge on any atom is -0.432 e. The highest BCUT2D eigenvalue weighted by molar-refractivity contribution is 5.80. The van der Waals surface area contributed by atoms with Gasteiger partial charge in [-0.05, 0) is 97.7 Å². The zero-order chi connectivity index (χ0) is 65.2. The van der Waals surface area contributed by atoms with Gasteiger partial charge in [-0.15, -0.1) is 0 Å². The molecule has 30 nitrogen and oxygen atoms in total. The van der Waals surface area contributed by atoms with Gasteiger partial charge in [-0.25, -0.2) is 0 Å². The molecule has 0 bridgehead atoms. The van der Waals surface area contributed by atoms with E-state index in [9.17, 15) is 97.0 Å². The molecular formula is C59H96O30. The first-order valence-corrected chi connectivity index (χ1v) is 31.1. The number of rotatable bonds is 15. The fourth-order valence-corrected chi connectivity index (χ4v) is 17.7. The second kappa shape index (κ2) is 25.9. The zero-order valence-corrected chi connectivity index (χ0v) is 50.8. The van der Waals surface area contributed by atoms with Gasteiger partial charge in [0.25, 0.3) is 0 Å². The van der Waals surface area contributed by atoms with Crippen LogP contribution in [0.15, 0.2) is 11.6 Å². The van der Waals surface area contributed by atoms with Crippen LogP contribution in [0.3, 0.4) is 0 Å². The molecule has 0 aromatic carbocycles. The third-order valence-electron chi connectivity index (χ3n) is 23.2. The number of aliphatic hydroxyl groups is 19. The number of aliphatic hydroxyl groups excluding tert-OH is 19. The molecule has 89 heavy (non-hydrogen) atoms. The molecule has 10 aliphatic rings. The number of carbonyl (C=O) groups is 1. The van der Waals surface area contributed by atoms with Crippen molar-refractivity contribution >= 4 is 5.97 Å². The van der Waals surface area contributed by atoms with Crippen molar-refractivity contribution in [1.29, 1.82) is 0 Å². The van der Waals surface area contributed by atoms with Crippen LogP contribution in [0.4, 0.5) is 0 Å². The summed E-state index contributed by atoms with van der Waals surface area (Å²) in [5.74, 6) is -2.38. The highest BCUT2D eigenvalue weighted by Gasteiger charge is 2.74. The van der Waals surface area contributed by atoms with E-state index >= 15 is 4.79 Å². The molecule has 9 fully saturated rings. The maximum atomic E-state index is 15.3. The average molecular weight is 1290 g/mol. The number of hydrogen-bond donors (Lipinski definition) is 19. The summed E-state index contributed by atoms with van der Waals surface area (Å²) in [5, 5.41) is 209. The van der Waals surface area contributed by atoms with Crippen molar-refractivity contribution in [1.82, 2.24) is 0 Å². The first-order chi connectivity index (χ1) is 41.7. The number of ether oxygens (including phenoxy) is 10. The van der Waals surface area contributed by atoms with Gasteiger partial charge in [0.05, 0.1) is 64.1 Å². The number of carbonyl (C=O) groups excluding carboxylic acids is 1. The second-order valence-electron chi connectivity index (χ2n) is 28.7. The van der Waals surface area contributed by atoms with Crippen LogP contribution in [-0.2, 0) is 52.2 Å². The van der Waals surface area contributed by atoms with Crippen molar-refractivity contribution in [3.8, 4) is 0 Å². The van der Waals surface area contributed by atoms with Crippen LogP contribution in [0.25, 0.3) is 0 Å². The molecule has 19 N–H and O–H groups in total. The van der Waals surface area contributed by atoms with E-state index in [1.165, 1.54) is 6.92 Å². The predicted molar refractivity (Wildman–Crippen MR) is 294 cm³/mol. The average Bonchev–Trinajstić information content (AvgIpc) is 0.673. The summed E-state index contributed by atoms with van der Waals surface area (Å²) in [6.07, 6.45) is -41.0. The molecule has 0 radical (unpaired) electrons. The van der Waals surface area contributed by atoms with Crippen molar-refractivity contribution < 1.29 is 149 Å². The van der Waals surface area contributed by atoms with E-state index in [1.54, 1.807) is 0 Å². The topological polar surface area (TPSA) is 494 Å².